The van der Waals surface area contributed by atoms with Crippen LogP contribution in [0.25, 0.3) is 0 Å². The van der Waals surface area contributed by atoms with Crippen molar-refractivity contribution in [1.29, 1.82) is 10.7 Å². The molecular weight excluding hydrogens is 218 g/mol. The lowest BCUT2D eigenvalue weighted by molar-refractivity contribution is 0.187. The number of aryl methyl sites for hydroxylation is 1. The smallest absolute Gasteiger partial charge is 0.411 e. The lowest BCUT2D eigenvalue weighted by Gasteiger charge is -2.12. The summed E-state index contributed by atoms with van der Waals surface area (Å²) in [6.07, 6.45) is -0.623. The van der Waals surface area contributed by atoms with Crippen LogP contribution < -0.4 is 5.32 Å². The molecule has 5 nitrogen and oxygen atoms in total. The van der Waals surface area contributed by atoms with E-state index in [1.54, 1.807) is 19.1 Å². The molecule has 0 spiro atoms. The van der Waals surface area contributed by atoms with Crippen LogP contribution in [0, 0.1) is 23.7 Å². The number of anilines is 1. The summed E-state index contributed by atoms with van der Waals surface area (Å²) in [5.41, 5.74) is 2.25. The number of ether oxygens (including phenoxy) is 1. The van der Waals surface area contributed by atoms with Crippen molar-refractivity contribution in [1.82, 2.24) is 0 Å². The molecule has 2 N–H and O–H groups in total. The number of nitrogens with zero attached hydrogens (tertiary/aromatic N) is 1. The van der Waals surface area contributed by atoms with Crippen LogP contribution in [0.4, 0.5) is 10.5 Å². The summed E-state index contributed by atoms with van der Waals surface area (Å²) in [4.78, 5) is 11.2. The number of benzene rings is 1. The number of carbonyl (C=O) groups excluding carboxylic acids is 1. The quantitative estimate of drug-likeness (QED) is 0.766. The van der Waals surface area contributed by atoms with Crippen LogP contribution in [0.5, 0.6) is 0 Å². The summed E-state index contributed by atoms with van der Waals surface area (Å²) in [6.45, 7) is 3.38. The molecule has 0 aliphatic heterocycles. The van der Waals surface area contributed by atoms with Crippen molar-refractivity contribution in [2.45, 2.75) is 13.8 Å². The van der Waals surface area contributed by atoms with Gasteiger partial charge in [0.2, 0.25) is 0 Å². The molecule has 1 aromatic carbocycles. The highest BCUT2D eigenvalue weighted by Gasteiger charge is 2.13. The predicted octanol–water partition coefficient (Wildman–Crippen LogP) is 2.43. The average molecular weight is 231 g/mol. The molecule has 0 fully saturated rings. The number of nitriles is 1. The van der Waals surface area contributed by atoms with Crippen LogP contribution in [0.15, 0.2) is 12.1 Å². The summed E-state index contributed by atoms with van der Waals surface area (Å²) in [7, 11) is 1.26. The SMILES string of the molecule is COC(=O)Nc1cc(C)cc(C#N)c1C(C)=N. The van der Waals surface area contributed by atoms with E-state index in [0.29, 0.717) is 16.8 Å². The molecule has 5 heteroatoms. The van der Waals surface area contributed by atoms with Gasteiger partial charge in [0.1, 0.15) is 0 Å². The Balaban J connectivity index is 3.36. The third-order valence-corrected chi connectivity index (χ3v) is 2.20. The molecule has 0 saturated heterocycles. The van der Waals surface area contributed by atoms with Gasteiger partial charge in [0, 0.05) is 11.3 Å². The van der Waals surface area contributed by atoms with Gasteiger partial charge in [-0.2, -0.15) is 5.26 Å². The number of hydrogen-bond acceptors (Lipinski definition) is 4. The van der Waals surface area contributed by atoms with Crippen LogP contribution >= 0.6 is 0 Å². The lowest BCUT2D eigenvalue weighted by atomic mass is 9.99. The second-order valence-electron chi connectivity index (χ2n) is 3.59. The van der Waals surface area contributed by atoms with Gasteiger partial charge in [-0.05, 0) is 31.5 Å². The maximum atomic E-state index is 11.2. The van der Waals surface area contributed by atoms with E-state index >= 15 is 0 Å². The van der Waals surface area contributed by atoms with Crippen LogP contribution in [0.2, 0.25) is 0 Å². The number of methoxy groups -OCH3 is 1. The largest absolute Gasteiger partial charge is 0.453 e. The average Bonchev–Trinajstić information content (AvgIpc) is 2.27. The van der Waals surface area contributed by atoms with Gasteiger partial charge in [-0.1, -0.05) is 0 Å². The summed E-state index contributed by atoms with van der Waals surface area (Å²) >= 11 is 0. The van der Waals surface area contributed by atoms with Gasteiger partial charge in [-0.3, -0.25) is 5.32 Å². The third-order valence-electron chi connectivity index (χ3n) is 2.20. The van der Waals surface area contributed by atoms with Gasteiger partial charge in [-0.25, -0.2) is 4.79 Å². The van der Waals surface area contributed by atoms with Crippen molar-refractivity contribution in [3.63, 3.8) is 0 Å². The Morgan fingerprint density at radius 1 is 1.53 bits per heavy atom. The minimum atomic E-state index is -0.623. The molecule has 0 saturated carbocycles. The zero-order valence-corrected chi connectivity index (χ0v) is 9.92. The first-order valence-corrected chi connectivity index (χ1v) is 4.94. The highest BCUT2D eigenvalue weighted by atomic mass is 16.5. The molecular formula is C12H13N3O2. The van der Waals surface area contributed by atoms with E-state index in [4.69, 9.17) is 10.7 Å². The summed E-state index contributed by atoms with van der Waals surface area (Å²) in [6, 6.07) is 5.39. The second kappa shape index (κ2) is 5.12. The number of nitrogens with one attached hydrogen (secondary N) is 2. The Labute approximate surface area is 99.5 Å². The number of rotatable bonds is 2. The van der Waals surface area contributed by atoms with Crippen LogP contribution in [0.1, 0.15) is 23.6 Å². The number of hydrogen-bond donors (Lipinski definition) is 2. The normalized spacial score (nSPS) is 9.29. The highest BCUT2D eigenvalue weighted by Crippen LogP contribution is 2.22. The summed E-state index contributed by atoms with van der Waals surface area (Å²) < 4.78 is 4.50. The molecule has 1 rings (SSSR count). The standard InChI is InChI=1S/C12H13N3O2/c1-7-4-9(6-13)11(8(2)14)10(5-7)15-12(16)17-3/h4-5,14H,1-3H3,(H,15,16). The molecule has 0 atom stereocenters. The highest BCUT2D eigenvalue weighted by molar-refractivity contribution is 6.06. The minimum Gasteiger partial charge on any atom is -0.453 e. The maximum absolute atomic E-state index is 11.2. The van der Waals surface area contributed by atoms with Gasteiger partial charge in [-0.15, -0.1) is 0 Å². The van der Waals surface area contributed by atoms with E-state index in [2.05, 4.69) is 10.1 Å². The van der Waals surface area contributed by atoms with E-state index < -0.39 is 6.09 Å². The zero-order valence-electron chi connectivity index (χ0n) is 9.92. The summed E-state index contributed by atoms with van der Waals surface area (Å²) in [5, 5.41) is 19.2. The summed E-state index contributed by atoms with van der Waals surface area (Å²) in [5.74, 6) is 0. The van der Waals surface area contributed by atoms with Gasteiger partial charge in [0.15, 0.2) is 0 Å². The van der Waals surface area contributed by atoms with Gasteiger partial charge >= 0.3 is 6.09 Å². The molecule has 88 valence electrons. The van der Waals surface area contributed by atoms with E-state index in [1.165, 1.54) is 7.11 Å². The molecule has 0 aliphatic rings. The molecule has 0 radical (unpaired) electrons. The number of carbonyl (C=O) groups is 1. The van der Waals surface area contributed by atoms with Crippen molar-refractivity contribution in [3.05, 3.63) is 28.8 Å². The van der Waals surface area contributed by atoms with E-state index in [0.717, 1.165) is 5.56 Å². The number of amides is 1. The van der Waals surface area contributed by atoms with Crippen molar-refractivity contribution in [2.24, 2.45) is 0 Å². The van der Waals surface area contributed by atoms with Crippen LogP contribution in [0.3, 0.4) is 0 Å². The molecule has 1 aromatic rings. The van der Waals surface area contributed by atoms with Gasteiger partial charge in [0.25, 0.3) is 0 Å². The van der Waals surface area contributed by atoms with Crippen molar-refractivity contribution in [2.75, 3.05) is 12.4 Å². The fourth-order valence-corrected chi connectivity index (χ4v) is 1.54. The monoisotopic (exact) mass is 231 g/mol. The van der Waals surface area contributed by atoms with Gasteiger partial charge < -0.3 is 10.1 Å². The molecule has 0 heterocycles. The first kappa shape index (κ1) is 12.7. The molecule has 0 unspecified atom stereocenters. The predicted molar refractivity (Wildman–Crippen MR) is 64.4 cm³/mol. The molecule has 0 bridgehead atoms. The molecule has 17 heavy (non-hydrogen) atoms. The maximum Gasteiger partial charge on any atom is 0.411 e. The van der Waals surface area contributed by atoms with Crippen molar-refractivity contribution >= 4 is 17.5 Å². The lowest BCUT2D eigenvalue weighted by Crippen LogP contribution is -2.14. The third kappa shape index (κ3) is 2.82. The Hall–Kier alpha value is -2.35. The van der Waals surface area contributed by atoms with Crippen LogP contribution in [-0.2, 0) is 4.74 Å². The van der Waals surface area contributed by atoms with E-state index in [-0.39, 0.29) is 5.71 Å². The zero-order chi connectivity index (χ0) is 13.0. The Kier molecular flexibility index (Phi) is 3.83. The molecule has 0 aromatic heterocycles. The topological polar surface area (TPSA) is 86.0 Å². The Morgan fingerprint density at radius 3 is 2.65 bits per heavy atom. The first-order chi connectivity index (χ1) is 7.99. The van der Waals surface area contributed by atoms with Crippen molar-refractivity contribution < 1.29 is 9.53 Å². The fraction of sp³-hybridized carbons (Fsp3) is 0.250. The van der Waals surface area contributed by atoms with Crippen molar-refractivity contribution in [3.8, 4) is 6.07 Å². The Morgan fingerprint density at radius 2 is 2.18 bits per heavy atom. The fourth-order valence-electron chi connectivity index (χ4n) is 1.54. The minimum absolute atomic E-state index is 0.216. The molecule has 1 amide bonds. The first-order valence-electron chi connectivity index (χ1n) is 4.94. The van der Waals surface area contributed by atoms with E-state index in [9.17, 15) is 4.79 Å². The second-order valence-corrected chi connectivity index (χ2v) is 3.59. The molecule has 0 aliphatic carbocycles. The van der Waals surface area contributed by atoms with E-state index in [1.807, 2.05) is 13.0 Å². The Bertz CT molecular complexity index is 515. The van der Waals surface area contributed by atoms with Crippen LogP contribution in [-0.4, -0.2) is 18.9 Å². The van der Waals surface area contributed by atoms with Gasteiger partial charge in [0.05, 0.1) is 24.4 Å².